The number of phenolic OH excluding ortho intramolecular Hbond substituents is 2. The smallest absolute Gasteiger partial charge is 0.340 e. The topological polar surface area (TPSA) is 148 Å². The Bertz CT molecular complexity index is 1400. The van der Waals surface area contributed by atoms with Gasteiger partial charge in [-0.3, -0.25) is 9.69 Å². The van der Waals surface area contributed by atoms with Crippen molar-refractivity contribution in [1.29, 1.82) is 0 Å². The number of fused-ring (bicyclic) bond motifs is 6. The quantitative estimate of drug-likeness (QED) is 0.224. The van der Waals surface area contributed by atoms with E-state index in [0.717, 1.165) is 0 Å². The van der Waals surface area contributed by atoms with Gasteiger partial charge in [-0.2, -0.15) is 0 Å². The van der Waals surface area contributed by atoms with E-state index >= 15 is 0 Å². The first-order valence-corrected chi connectivity index (χ1v) is 12.2. The van der Waals surface area contributed by atoms with Gasteiger partial charge in [0.15, 0.2) is 10.7 Å². The maximum absolute atomic E-state index is 12.5. The van der Waals surface area contributed by atoms with Gasteiger partial charge in [0, 0.05) is 40.9 Å². The van der Waals surface area contributed by atoms with Crippen LogP contribution in [0.4, 0.5) is 0 Å². The molecule has 2 aliphatic rings. The summed E-state index contributed by atoms with van der Waals surface area (Å²) in [6.45, 7) is 6.11. The number of nitrogens with zero attached hydrogens (tertiary/aromatic N) is 1. The fourth-order valence-electron chi connectivity index (χ4n) is 4.45. The number of phenols is 2. The first kappa shape index (κ1) is 26.6. The molecule has 0 aliphatic carbocycles. The third kappa shape index (κ3) is 4.67. The molecule has 5 rings (SSSR count). The van der Waals surface area contributed by atoms with Crippen molar-refractivity contribution in [2.24, 2.45) is 11.5 Å². The summed E-state index contributed by atoms with van der Waals surface area (Å²) in [5.41, 5.74) is 12.4. The van der Waals surface area contributed by atoms with Crippen LogP contribution in [0.15, 0.2) is 72.8 Å². The third-order valence-electron chi connectivity index (χ3n) is 6.14. The molecule has 0 aromatic heterocycles. The van der Waals surface area contributed by atoms with Crippen molar-refractivity contribution in [3.05, 3.63) is 95.1 Å². The molecule has 0 bridgehead atoms. The fourth-order valence-corrected chi connectivity index (χ4v) is 4.62. The van der Waals surface area contributed by atoms with Gasteiger partial charge in [-0.25, -0.2) is 4.79 Å². The normalized spacial score (nSPS) is 13.6. The summed E-state index contributed by atoms with van der Waals surface area (Å²) < 4.78 is 11.8. The highest BCUT2D eigenvalue weighted by Gasteiger charge is 2.53. The molecule has 0 saturated carbocycles. The Hall–Kier alpha value is -4.41. The van der Waals surface area contributed by atoms with E-state index in [-0.39, 0.29) is 22.5 Å². The SMILES string of the molecule is C=C(C)C(=O)N(CCCN)C(N)=S.O=C1OC2(c3ccc(O)cc3Oc3cc(O)ccc32)c2ccccc21. The highest BCUT2D eigenvalue weighted by molar-refractivity contribution is 7.80. The Morgan fingerprint density at radius 2 is 1.61 bits per heavy atom. The molecular formula is C28H27N3O6S. The molecule has 2 heterocycles. The van der Waals surface area contributed by atoms with Gasteiger partial charge < -0.3 is 31.2 Å². The van der Waals surface area contributed by atoms with Gasteiger partial charge in [0.2, 0.25) is 0 Å². The standard InChI is InChI=1S/C20H12O5.C8H15N3OS/c21-11-5-7-15-17(9-11)24-18-10-12(22)6-8-16(18)20(15)14-4-2-1-3-13(14)19(23)25-20;1-6(2)7(12)11(8(10)13)5-3-4-9/h1-10,21-22H;1,3-5,9H2,2H3,(H2,10,13). The molecule has 0 saturated heterocycles. The number of thiocarbonyl (C=S) groups is 1. The zero-order chi connectivity index (χ0) is 27.6. The van der Waals surface area contributed by atoms with E-state index in [1.165, 1.54) is 29.2 Å². The van der Waals surface area contributed by atoms with Crippen molar-refractivity contribution in [2.45, 2.75) is 18.9 Å². The first-order chi connectivity index (χ1) is 18.1. The fraction of sp³-hybridized carbons (Fsp3) is 0.179. The van der Waals surface area contributed by atoms with Crippen LogP contribution in [0, 0.1) is 0 Å². The van der Waals surface area contributed by atoms with Crippen LogP contribution in [-0.4, -0.2) is 45.2 Å². The van der Waals surface area contributed by atoms with Crippen LogP contribution < -0.4 is 16.2 Å². The van der Waals surface area contributed by atoms with Gasteiger partial charge in [-0.1, -0.05) is 24.8 Å². The lowest BCUT2D eigenvalue weighted by Gasteiger charge is -2.36. The molecule has 2 aliphatic heterocycles. The van der Waals surface area contributed by atoms with E-state index in [1.54, 1.807) is 31.2 Å². The Morgan fingerprint density at radius 1 is 1.03 bits per heavy atom. The van der Waals surface area contributed by atoms with Gasteiger partial charge in [0.05, 0.1) is 5.56 Å². The lowest BCUT2D eigenvalue weighted by atomic mass is 9.77. The summed E-state index contributed by atoms with van der Waals surface area (Å²) in [5, 5.41) is 19.7. The maximum Gasteiger partial charge on any atom is 0.340 e. The summed E-state index contributed by atoms with van der Waals surface area (Å²) in [7, 11) is 0. The minimum absolute atomic E-state index is 0.0371. The molecule has 9 nitrogen and oxygen atoms in total. The highest BCUT2D eigenvalue weighted by Crippen LogP contribution is 2.56. The van der Waals surface area contributed by atoms with Gasteiger partial charge in [0.25, 0.3) is 5.91 Å². The number of amides is 1. The summed E-state index contributed by atoms with van der Waals surface area (Å²) in [6.07, 6.45) is 0.677. The van der Waals surface area contributed by atoms with E-state index in [9.17, 15) is 19.8 Å². The van der Waals surface area contributed by atoms with Crippen LogP contribution in [0.2, 0.25) is 0 Å². The number of carbonyl (C=O) groups excluding carboxylic acids is 2. The van der Waals surface area contributed by atoms with E-state index in [0.29, 0.717) is 58.8 Å². The van der Waals surface area contributed by atoms with E-state index < -0.39 is 11.6 Å². The van der Waals surface area contributed by atoms with Crippen LogP contribution in [0.1, 0.15) is 40.4 Å². The first-order valence-electron chi connectivity index (χ1n) is 11.7. The van der Waals surface area contributed by atoms with Gasteiger partial charge in [0.1, 0.15) is 23.0 Å². The summed E-state index contributed by atoms with van der Waals surface area (Å²) >= 11 is 4.73. The molecule has 3 aromatic rings. The average molecular weight is 534 g/mol. The number of hydrogen-bond donors (Lipinski definition) is 4. The minimum Gasteiger partial charge on any atom is -0.508 e. The number of rotatable bonds is 4. The van der Waals surface area contributed by atoms with Crippen molar-refractivity contribution in [1.82, 2.24) is 4.90 Å². The van der Waals surface area contributed by atoms with E-state index in [2.05, 4.69) is 6.58 Å². The van der Waals surface area contributed by atoms with Gasteiger partial charge >= 0.3 is 5.97 Å². The number of ether oxygens (including phenoxy) is 2. The predicted octanol–water partition coefficient (Wildman–Crippen LogP) is 3.65. The van der Waals surface area contributed by atoms with Crippen molar-refractivity contribution in [2.75, 3.05) is 13.1 Å². The predicted molar refractivity (Wildman–Crippen MR) is 145 cm³/mol. The molecule has 1 amide bonds. The van der Waals surface area contributed by atoms with Gasteiger partial charge in [-0.15, -0.1) is 0 Å². The second kappa shape index (κ2) is 10.5. The van der Waals surface area contributed by atoms with Crippen LogP contribution in [0.3, 0.4) is 0 Å². The largest absolute Gasteiger partial charge is 0.508 e. The molecule has 6 N–H and O–H groups in total. The van der Waals surface area contributed by atoms with Crippen molar-refractivity contribution >= 4 is 29.2 Å². The lowest BCUT2D eigenvalue weighted by Crippen LogP contribution is -2.41. The molecule has 0 atom stereocenters. The monoisotopic (exact) mass is 533 g/mol. The summed E-state index contributed by atoms with van der Waals surface area (Å²) in [4.78, 5) is 25.2. The second-order valence-corrected chi connectivity index (χ2v) is 9.22. The summed E-state index contributed by atoms with van der Waals surface area (Å²) in [6, 6.07) is 16.6. The van der Waals surface area contributed by atoms with Crippen LogP contribution in [0.5, 0.6) is 23.0 Å². The Labute approximate surface area is 224 Å². The molecule has 38 heavy (non-hydrogen) atoms. The molecule has 0 radical (unpaired) electrons. The number of nitrogens with two attached hydrogens (primary N) is 2. The number of benzene rings is 3. The molecule has 3 aromatic carbocycles. The summed E-state index contributed by atoms with van der Waals surface area (Å²) in [5.74, 6) is 0.173. The number of esters is 1. The van der Waals surface area contributed by atoms with Gasteiger partial charge in [-0.05, 0) is 62.4 Å². The zero-order valence-electron chi connectivity index (χ0n) is 20.6. The van der Waals surface area contributed by atoms with E-state index in [1.807, 2.05) is 12.1 Å². The Balaban J connectivity index is 0.000000222. The number of aromatic hydroxyl groups is 2. The Morgan fingerprint density at radius 3 is 2.13 bits per heavy atom. The number of carbonyl (C=O) groups is 2. The van der Waals surface area contributed by atoms with Crippen molar-refractivity contribution < 1.29 is 29.3 Å². The van der Waals surface area contributed by atoms with Crippen LogP contribution in [-0.2, 0) is 15.1 Å². The highest BCUT2D eigenvalue weighted by atomic mass is 32.1. The van der Waals surface area contributed by atoms with E-state index in [4.69, 9.17) is 33.2 Å². The molecule has 10 heteroatoms. The molecule has 0 unspecified atom stereocenters. The zero-order valence-corrected chi connectivity index (χ0v) is 21.5. The minimum atomic E-state index is -1.17. The molecular weight excluding hydrogens is 506 g/mol. The third-order valence-corrected chi connectivity index (χ3v) is 6.36. The van der Waals surface area contributed by atoms with Crippen molar-refractivity contribution in [3.8, 4) is 23.0 Å². The number of hydrogen-bond acceptors (Lipinski definition) is 8. The van der Waals surface area contributed by atoms with Crippen LogP contribution >= 0.6 is 12.2 Å². The second-order valence-electron chi connectivity index (χ2n) is 8.80. The lowest BCUT2D eigenvalue weighted by molar-refractivity contribution is -0.123. The Kier molecular flexibility index (Phi) is 7.38. The molecule has 196 valence electrons. The molecule has 0 fully saturated rings. The molecule has 1 spiro atoms. The maximum atomic E-state index is 12.5. The average Bonchev–Trinajstić information content (AvgIpc) is 3.17. The van der Waals surface area contributed by atoms with Crippen LogP contribution in [0.25, 0.3) is 0 Å². The van der Waals surface area contributed by atoms with Crippen molar-refractivity contribution in [3.63, 3.8) is 0 Å².